The second-order valence-corrected chi connectivity index (χ2v) is 5.02. The molecule has 2 aromatic rings. The second kappa shape index (κ2) is 7.81. The Labute approximate surface area is 129 Å². The van der Waals surface area contributed by atoms with E-state index >= 15 is 0 Å². The van der Waals surface area contributed by atoms with Crippen molar-refractivity contribution in [3.8, 4) is 0 Å². The third kappa shape index (κ3) is 5.21. The molecule has 2 rings (SSSR count). The van der Waals surface area contributed by atoms with E-state index in [2.05, 4.69) is 20.6 Å². The monoisotopic (exact) mass is 306 g/mol. The summed E-state index contributed by atoms with van der Waals surface area (Å²) in [6.07, 6.45) is 0. The van der Waals surface area contributed by atoms with E-state index in [9.17, 15) is 0 Å². The van der Waals surface area contributed by atoms with Crippen LogP contribution >= 0.6 is 11.6 Å². The van der Waals surface area contributed by atoms with Gasteiger partial charge in [0.2, 0.25) is 0 Å². The molecule has 1 aromatic heterocycles. The third-order valence-corrected chi connectivity index (χ3v) is 3.09. The molecule has 0 aliphatic carbocycles. The largest absolute Gasteiger partial charge is 0.383 e. The first-order valence-electron chi connectivity index (χ1n) is 6.74. The molecule has 1 aromatic carbocycles. The van der Waals surface area contributed by atoms with Gasteiger partial charge < -0.3 is 15.4 Å². The molecule has 0 fully saturated rings. The molecule has 0 spiro atoms. The van der Waals surface area contributed by atoms with Gasteiger partial charge in [0, 0.05) is 31.3 Å². The fourth-order valence-corrected chi connectivity index (χ4v) is 1.95. The molecule has 5 nitrogen and oxygen atoms in total. The average Bonchev–Trinajstić information content (AvgIpc) is 2.46. The molecule has 0 amide bonds. The first-order valence-corrected chi connectivity index (χ1v) is 7.12. The highest BCUT2D eigenvalue weighted by Crippen LogP contribution is 2.14. The van der Waals surface area contributed by atoms with Gasteiger partial charge >= 0.3 is 0 Å². The molecule has 1 heterocycles. The number of methoxy groups -OCH3 is 1. The van der Waals surface area contributed by atoms with Crippen LogP contribution in [0.1, 0.15) is 11.4 Å². The lowest BCUT2D eigenvalue weighted by molar-refractivity contribution is 0.210. The Hall–Kier alpha value is -1.85. The van der Waals surface area contributed by atoms with Crippen LogP contribution in [0.25, 0.3) is 0 Å². The molecule has 0 aliphatic heterocycles. The predicted octanol–water partition coefficient (Wildman–Crippen LogP) is 3.11. The summed E-state index contributed by atoms with van der Waals surface area (Å²) in [5.74, 6) is 2.30. The maximum absolute atomic E-state index is 5.87. The molecule has 0 unspecified atom stereocenters. The minimum atomic E-state index is 0.636. The van der Waals surface area contributed by atoms with Crippen molar-refractivity contribution in [2.45, 2.75) is 13.5 Å². The zero-order chi connectivity index (χ0) is 15.1. The van der Waals surface area contributed by atoms with Crippen LogP contribution in [0.3, 0.4) is 0 Å². The summed E-state index contributed by atoms with van der Waals surface area (Å²) < 4.78 is 5.01. The van der Waals surface area contributed by atoms with E-state index in [-0.39, 0.29) is 0 Å². The molecule has 0 atom stereocenters. The molecule has 0 saturated heterocycles. The number of hydrogen-bond donors (Lipinski definition) is 2. The Kier molecular flexibility index (Phi) is 5.78. The Morgan fingerprint density at radius 1 is 1.10 bits per heavy atom. The molecular weight excluding hydrogens is 288 g/mol. The highest BCUT2D eigenvalue weighted by atomic mass is 35.5. The normalized spacial score (nSPS) is 10.4. The highest BCUT2D eigenvalue weighted by Gasteiger charge is 2.02. The Balaban J connectivity index is 1.97. The van der Waals surface area contributed by atoms with E-state index in [4.69, 9.17) is 16.3 Å². The number of anilines is 2. The number of aromatic nitrogens is 2. The van der Waals surface area contributed by atoms with Crippen LogP contribution in [0, 0.1) is 6.92 Å². The van der Waals surface area contributed by atoms with Crippen LogP contribution in [0.15, 0.2) is 30.3 Å². The maximum Gasteiger partial charge on any atom is 0.132 e. The van der Waals surface area contributed by atoms with Crippen LogP contribution in [0.4, 0.5) is 11.6 Å². The molecule has 0 saturated carbocycles. The standard InChI is InChI=1S/C15H19ClN4O/c1-11-19-14(17-7-8-21-2)9-15(20-11)18-10-12-3-5-13(16)6-4-12/h3-6,9H,7-8,10H2,1-2H3,(H2,17,18,19,20). The molecule has 6 heteroatoms. The average molecular weight is 307 g/mol. The second-order valence-electron chi connectivity index (χ2n) is 4.59. The first-order chi connectivity index (χ1) is 10.2. The lowest BCUT2D eigenvalue weighted by Crippen LogP contribution is -2.11. The third-order valence-electron chi connectivity index (χ3n) is 2.84. The summed E-state index contributed by atoms with van der Waals surface area (Å²) in [6.45, 7) is 3.90. The Morgan fingerprint density at radius 3 is 2.43 bits per heavy atom. The zero-order valence-electron chi connectivity index (χ0n) is 12.2. The lowest BCUT2D eigenvalue weighted by Gasteiger charge is -2.10. The van der Waals surface area contributed by atoms with E-state index in [1.54, 1.807) is 7.11 Å². The van der Waals surface area contributed by atoms with Crippen molar-refractivity contribution in [2.24, 2.45) is 0 Å². The molecule has 112 valence electrons. The molecule has 2 N–H and O–H groups in total. The topological polar surface area (TPSA) is 59.1 Å². The Morgan fingerprint density at radius 2 is 1.76 bits per heavy atom. The SMILES string of the molecule is COCCNc1cc(NCc2ccc(Cl)cc2)nc(C)n1. The fraction of sp³-hybridized carbons (Fsp3) is 0.333. The number of halogens is 1. The van der Waals surface area contributed by atoms with Gasteiger partial charge in [-0.15, -0.1) is 0 Å². The van der Waals surface area contributed by atoms with Crippen molar-refractivity contribution in [3.63, 3.8) is 0 Å². The van der Waals surface area contributed by atoms with Crippen molar-refractivity contribution in [1.29, 1.82) is 0 Å². The fourth-order valence-electron chi connectivity index (χ4n) is 1.82. The van der Waals surface area contributed by atoms with Crippen molar-refractivity contribution < 1.29 is 4.74 Å². The number of rotatable bonds is 7. The lowest BCUT2D eigenvalue weighted by atomic mass is 10.2. The molecule has 0 radical (unpaired) electrons. The van der Waals surface area contributed by atoms with Crippen LogP contribution in [0.2, 0.25) is 5.02 Å². The van der Waals surface area contributed by atoms with E-state index < -0.39 is 0 Å². The number of aryl methyl sites for hydroxylation is 1. The van der Waals surface area contributed by atoms with Crippen molar-refractivity contribution in [3.05, 3.63) is 46.7 Å². The van der Waals surface area contributed by atoms with Gasteiger partial charge in [0.25, 0.3) is 0 Å². The van der Waals surface area contributed by atoms with Gasteiger partial charge in [0.1, 0.15) is 17.5 Å². The minimum Gasteiger partial charge on any atom is -0.383 e. The Bertz CT molecular complexity index is 574. The van der Waals surface area contributed by atoms with Crippen molar-refractivity contribution in [2.75, 3.05) is 30.9 Å². The molecule has 0 aliphatic rings. The molecule has 21 heavy (non-hydrogen) atoms. The van der Waals surface area contributed by atoms with Crippen LogP contribution < -0.4 is 10.6 Å². The summed E-state index contributed by atoms with van der Waals surface area (Å²) in [6, 6.07) is 9.61. The number of benzene rings is 1. The quantitative estimate of drug-likeness (QED) is 0.770. The number of ether oxygens (including phenoxy) is 1. The van der Waals surface area contributed by atoms with Gasteiger partial charge in [-0.1, -0.05) is 23.7 Å². The van der Waals surface area contributed by atoms with Crippen LogP contribution in [-0.4, -0.2) is 30.2 Å². The van der Waals surface area contributed by atoms with Crippen molar-refractivity contribution in [1.82, 2.24) is 9.97 Å². The summed E-state index contributed by atoms with van der Waals surface area (Å²) in [5.41, 5.74) is 1.14. The number of nitrogens with one attached hydrogen (secondary N) is 2. The van der Waals surface area contributed by atoms with Gasteiger partial charge in [0.05, 0.1) is 6.61 Å². The van der Waals surface area contributed by atoms with Gasteiger partial charge in [-0.2, -0.15) is 0 Å². The van der Waals surface area contributed by atoms with E-state index in [1.165, 1.54) is 0 Å². The summed E-state index contributed by atoms with van der Waals surface area (Å²) in [7, 11) is 1.67. The van der Waals surface area contributed by atoms with Crippen LogP contribution in [0.5, 0.6) is 0 Å². The van der Waals surface area contributed by atoms with Crippen molar-refractivity contribution >= 4 is 23.2 Å². The van der Waals surface area contributed by atoms with Gasteiger partial charge in [-0.25, -0.2) is 9.97 Å². The van der Waals surface area contributed by atoms with Crippen LogP contribution in [-0.2, 0) is 11.3 Å². The zero-order valence-corrected chi connectivity index (χ0v) is 12.9. The van der Waals surface area contributed by atoms with Gasteiger partial charge in [0.15, 0.2) is 0 Å². The predicted molar refractivity (Wildman–Crippen MR) is 85.9 cm³/mol. The minimum absolute atomic E-state index is 0.636. The van der Waals surface area contributed by atoms with Gasteiger partial charge in [-0.3, -0.25) is 0 Å². The maximum atomic E-state index is 5.87. The van der Waals surface area contributed by atoms with E-state index in [1.807, 2.05) is 37.3 Å². The van der Waals surface area contributed by atoms with Gasteiger partial charge in [-0.05, 0) is 24.6 Å². The molecule has 0 bridgehead atoms. The van der Waals surface area contributed by atoms with E-state index in [0.29, 0.717) is 19.7 Å². The van der Waals surface area contributed by atoms with E-state index in [0.717, 1.165) is 28.0 Å². The summed E-state index contributed by atoms with van der Waals surface area (Å²) in [5, 5.41) is 7.22. The first kappa shape index (κ1) is 15.5. The smallest absolute Gasteiger partial charge is 0.132 e. The number of nitrogens with zero attached hydrogens (tertiary/aromatic N) is 2. The summed E-state index contributed by atoms with van der Waals surface area (Å²) in [4.78, 5) is 8.71. The number of hydrogen-bond acceptors (Lipinski definition) is 5. The summed E-state index contributed by atoms with van der Waals surface area (Å²) >= 11 is 5.87. The molecular formula is C15H19ClN4O. The highest BCUT2D eigenvalue weighted by molar-refractivity contribution is 6.30.